The summed E-state index contributed by atoms with van der Waals surface area (Å²) in [6.07, 6.45) is 0. The van der Waals surface area contributed by atoms with Crippen LogP contribution in [0.5, 0.6) is 17.2 Å². The Morgan fingerprint density at radius 3 is 2.53 bits per heavy atom. The highest BCUT2D eigenvalue weighted by Gasteiger charge is 2.38. The van der Waals surface area contributed by atoms with Gasteiger partial charge in [0.15, 0.2) is 0 Å². The number of carbonyl (C=O) groups excluding carboxylic acids is 2. The van der Waals surface area contributed by atoms with Crippen molar-refractivity contribution in [1.82, 2.24) is 10.2 Å². The molecule has 170 valence electrons. The van der Waals surface area contributed by atoms with E-state index in [0.29, 0.717) is 33.5 Å². The Kier molecular flexibility index (Phi) is 7.48. The van der Waals surface area contributed by atoms with E-state index in [1.807, 2.05) is 0 Å². The van der Waals surface area contributed by atoms with E-state index in [2.05, 4.69) is 5.32 Å². The molecule has 2 aromatic rings. The van der Waals surface area contributed by atoms with Gasteiger partial charge in [-0.2, -0.15) is 0 Å². The molecule has 1 aliphatic heterocycles. The second kappa shape index (κ2) is 10.3. The summed E-state index contributed by atoms with van der Waals surface area (Å²) in [4.78, 5) is 27.2. The van der Waals surface area contributed by atoms with E-state index in [9.17, 15) is 9.59 Å². The molecule has 3 rings (SSSR count). The van der Waals surface area contributed by atoms with Gasteiger partial charge in [-0.1, -0.05) is 23.7 Å². The maximum atomic E-state index is 13.0. The van der Waals surface area contributed by atoms with Crippen LogP contribution >= 0.6 is 11.6 Å². The van der Waals surface area contributed by atoms with E-state index >= 15 is 0 Å². The SMILES string of the molecule is CCOC(=O)C1=C(COc2ccccc2Cl)N(C)C(=O)N[C@@H]1c1ccc(OC)cc1OC. The number of urea groups is 1. The van der Waals surface area contributed by atoms with Gasteiger partial charge in [0.1, 0.15) is 23.9 Å². The minimum Gasteiger partial charge on any atom is -0.497 e. The number of para-hydroxylation sites is 1. The molecule has 0 fully saturated rings. The van der Waals surface area contributed by atoms with Crippen LogP contribution in [0.1, 0.15) is 18.5 Å². The molecule has 0 spiro atoms. The van der Waals surface area contributed by atoms with E-state index in [1.54, 1.807) is 63.5 Å². The zero-order valence-electron chi connectivity index (χ0n) is 18.3. The van der Waals surface area contributed by atoms with Crippen LogP contribution in [0.25, 0.3) is 0 Å². The first kappa shape index (κ1) is 23.3. The number of carbonyl (C=O) groups is 2. The lowest BCUT2D eigenvalue weighted by Crippen LogP contribution is -2.48. The van der Waals surface area contributed by atoms with Gasteiger partial charge in [0, 0.05) is 18.7 Å². The van der Waals surface area contributed by atoms with E-state index < -0.39 is 18.0 Å². The standard InChI is InChI=1S/C23H25ClN2O6/c1-5-31-22(27)20-17(13-32-18-9-7-6-8-16(18)24)26(2)23(28)25-21(20)15-11-10-14(29-3)12-19(15)30-4/h6-12,21H,5,13H2,1-4H3,(H,25,28)/t21-/m1/s1. The second-order valence-corrected chi connectivity index (χ2v) is 7.26. The molecule has 0 saturated heterocycles. The minimum absolute atomic E-state index is 0.0726. The fraction of sp³-hybridized carbons (Fsp3) is 0.304. The number of halogens is 1. The maximum absolute atomic E-state index is 13.0. The van der Waals surface area contributed by atoms with E-state index in [0.717, 1.165) is 0 Å². The van der Waals surface area contributed by atoms with Crippen molar-refractivity contribution in [2.75, 3.05) is 34.5 Å². The van der Waals surface area contributed by atoms with Crippen molar-refractivity contribution in [3.63, 3.8) is 0 Å². The fourth-order valence-corrected chi connectivity index (χ4v) is 3.57. The van der Waals surface area contributed by atoms with Crippen molar-refractivity contribution >= 4 is 23.6 Å². The number of esters is 1. The van der Waals surface area contributed by atoms with Crippen molar-refractivity contribution in [2.24, 2.45) is 0 Å². The van der Waals surface area contributed by atoms with E-state index in [4.69, 9.17) is 30.5 Å². The quantitative estimate of drug-likeness (QED) is 0.600. The average Bonchev–Trinajstić information content (AvgIpc) is 2.80. The number of benzene rings is 2. The third-order valence-corrected chi connectivity index (χ3v) is 5.34. The first-order valence-corrected chi connectivity index (χ1v) is 10.3. The van der Waals surface area contributed by atoms with Crippen molar-refractivity contribution < 1.29 is 28.5 Å². The van der Waals surface area contributed by atoms with Crippen LogP contribution in [-0.4, -0.2) is 51.4 Å². The number of rotatable bonds is 8. The van der Waals surface area contributed by atoms with Gasteiger partial charge in [0.2, 0.25) is 0 Å². The number of hydrogen-bond donors (Lipinski definition) is 1. The summed E-state index contributed by atoms with van der Waals surface area (Å²) in [5.74, 6) is 0.893. The van der Waals surface area contributed by atoms with Gasteiger partial charge >= 0.3 is 12.0 Å². The number of ether oxygens (including phenoxy) is 4. The lowest BCUT2D eigenvalue weighted by atomic mass is 9.94. The molecule has 0 saturated carbocycles. The van der Waals surface area contributed by atoms with E-state index in [-0.39, 0.29) is 18.8 Å². The van der Waals surface area contributed by atoms with Crippen molar-refractivity contribution in [2.45, 2.75) is 13.0 Å². The molecule has 1 atom stereocenters. The summed E-state index contributed by atoms with van der Waals surface area (Å²) in [5.41, 5.74) is 1.17. The topological polar surface area (TPSA) is 86.3 Å². The van der Waals surface area contributed by atoms with Crippen LogP contribution in [0.3, 0.4) is 0 Å². The molecule has 1 heterocycles. The Hall–Kier alpha value is -3.39. The highest BCUT2D eigenvalue weighted by Crippen LogP contribution is 2.37. The van der Waals surface area contributed by atoms with Gasteiger partial charge in [0.05, 0.1) is 43.2 Å². The molecule has 2 amide bonds. The number of hydrogen-bond acceptors (Lipinski definition) is 6. The molecule has 0 radical (unpaired) electrons. The lowest BCUT2D eigenvalue weighted by molar-refractivity contribution is -0.139. The third kappa shape index (κ3) is 4.75. The van der Waals surface area contributed by atoms with Gasteiger partial charge in [-0.05, 0) is 31.2 Å². The summed E-state index contributed by atoms with van der Waals surface area (Å²) in [5, 5.41) is 3.27. The number of nitrogens with zero attached hydrogens (tertiary/aromatic N) is 1. The third-order valence-electron chi connectivity index (χ3n) is 5.02. The number of likely N-dealkylation sites (N-methyl/N-ethyl adjacent to an activating group) is 1. The summed E-state index contributed by atoms with van der Waals surface area (Å²) in [7, 11) is 4.60. The van der Waals surface area contributed by atoms with Gasteiger partial charge < -0.3 is 24.3 Å². The molecule has 9 heteroatoms. The highest BCUT2D eigenvalue weighted by molar-refractivity contribution is 6.32. The Labute approximate surface area is 191 Å². The van der Waals surface area contributed by atoms with Gasteiger partial charge in [0.25, 0.3) is 0 Å². The number of methoxy groups -OCH3 is 2. The average molecular weight is 461 g/mol. The Balaban J connectivity index is 2.10. The number of nitrogens with one attached hydrogen (secondary N) is 1. The normalized spacial score (nSPS) is 15.8. The zero-order chi connectivity index (χ0) is 23.3. The van der Waals surface area contributed by atoms with Gasteiger partial charge in [-0.25, -0.2) is 9.59 Å². The highest BCUT2D eigenvalue weighted by atomic mass is 35.5. The predicted octanol–water partition coefficient (Wildman–Crippen LogP) is 3.95. The molecule has 0 aliphatic carbocycles. The van der Waals surface area contributed by atoms with Crippen LogP contribution in [-0.2, 0) is 9.53 Å². The molecule has 0 aromatic heterocycles. The molecule has 32 heavy (non-hydrogen) atoms. The summed E-state index contributed by atoms with van der Waals surface area (Å²) in [6, 6.07) is 10.9. The molecule has 8 nitrogen and oxygen atoms in total. The molecule has 1 aliphatic rings. The summed E-state index contributed by atoms with van der Waals surface area (Å²) >= 11 is 6.19. The monoisotopic (exact) mass is 460 g/mol. The van der Waals surface area contributed by atoms with Crippen molar-refractivity contribution in [3.05, 3.63) is 64.3 Å². The van der Waals surface area contributed by atoms with Crippen LogP contribution in [0.2, 0.25) is 5.02 Å². The predicted molar refractivity (Wildman–Crippen MR) is 119 cm³/mol. The molecule has 0 unspecified atom stereocenters. The van der Waals surface area contributed by atoms with Gasteiger partial charge in [-0.3, -0.25) is 4.90 Å². The number of amides is 2. The molecule has 1 N–H and O–H groups in total. The second-order valence-electron chi connectivity index (χ2n) is 6.85. The van der Waals surface area contributed by atoms with Gasteiger partial charge in [-0.15, -0.1) is 0 Å². The molecule has 2 aromatic carbocycles. The minimum atomic E-state index is -0.816. The van der Waals surface area contributed by atoms with Crippen molar-refractivity contribution in [1.29, 1.82) is 0 Å². The summed E-state index contributed by atoms with van der Waals surface area (Å²) < 4.78 is 21.9. The van der Waals surface area contributed by atoms with Crippen LogP contribution < -0.4 is 19.5 Å². The Morgan fingerprint density at radius 1 is 1.12 bits per heavy atom. The Morgan fingerprint density at radius 2 is 1.88 bits per heavy atom. The first-order chi connectivity index (χ1) is 15.4. The first-order valence-electron chi connectivity index (χ1n) is 9.94. The van der Waals surface area contributed by atoms with Crippen molar-refractivity contribution in [3.8, 4) is 17.2 Å². The molecular formula is C23H25ClN2O6. The molecular weight excluding hydrogens is 436 g/mol. The summed E-state index contributed by atoms with van der Waals surface area (Å²) in [6.45, 7) is 1.81. The fourth-order valence-electron chi connectivity index (χ4n) is 3.38. The zero-order valence-corrected chi connectivity index (χ0v) is 19.1. The largest absolute Gasteiger partial charge is 0.497 e. The van der Waals surface area contributed by atoms with E-state index in [1.165, 1.54) is 12.0 Å². The Bertz CT molecular complexity index is 1040. The smallest absolute Gasteiger partial charge is 0.338 e. The lowest BCUT2D eigenvalue weighted by Gasteiger charge is -2.35. The van der Waals surface area contributed by atoms with Crippen LogP contribution in [0, 0.1) is 0 Å². The maximum Gasteiger partial charge on any atom is 0.338 e. The van der Waals surface area contributed by atoms with Crippen LogP contribution in [0.4, 0.5) is 4.79 Å². The van der Waals surface area contributed by atoms with Crippen LogP contribution in [0.15, 0.2) is 53.7 Å². The molecule has 0 bridgehead atoms.